The molecule has 0 aromatic heterocycles. The van der Waals surface area contributed by atoms with E-state index in [1.165, 1.54) is 4.90 Å². The van der Waals surface area contributed by atoms with Crippen molar-refractivity contribution in [3.63, 3.8) is 0 Å². The monoisotopic (exact) mass is 405 g/mol. The maximum atomic E-state index is 12.3. The first-order chi connectivity index (χ1) is 13.4. The quantitative estimate of drug-likeness (QED) is 0.386. The molecule has 0 aliphatic carbocycles. The molecule has 0 spiro atoms. The van der Waals surface area contributed by atoms with E-state index in [4.69, 9.17) is 0 Å². The molecule has 0 radical (unpaired) electrons. The summed E-state index contributed by atoms with van der Waals surface area (Å²) in [5.41, 5.74) is 1.14. The number of carbonyl (C=O) groups excluding carboxylic acids is 2. The molecule has 1 saturated heterocycles. The van der Waals surface area contributed by atoms with E-state index in [1.54, 1.807) is 25.9 Å². The Labute approximate surface area is 171 Å². The summed E-state index contributed by atoms with van der Waals surface area (Å²) >= 11 is 1.74. The number of likely N-dealkylation sites (N-methyl/N-ethyl adjacent to an activating group) is 1. The van der Waals surface area contributed by atoms with Crippen LogP contribution in [0.3, 0.4) is 0 Å². The summed E-state index contributed by atoms with van der Waals surface area (Å²) < 4.78 is 0. The number of carbonyl (C=O) groups is 2. The summed E-state index contributed by atoms with van der Waals surface area (Å²) in [5.74, 6) is 1.79. The maximum absolute atomic E-state index is 12.3. The van der Waals surface area contributed by atoms with Crippen LogP contribution in [0.2, 0.25) is 0 Å². The van der Waals surface area contributed by atoms with Crippen molar-refractivity contribution in [2.45, 2.75) is 12.5 Å². The Bertz CT molecular complexity index is 680. The van der Waals surface area contributed by atoms with Gasteiger partial charge >= 0.3 is 0 Å². The number of hydrogen-bond donors (Lipinski definition) is 2. The second kappa shape index (κ2) is 10.9. The highest BCUT2D eigenvalue weighted by molar-refractivity contribution is 7.98. The molecular weight excluding hydrogens is 374 g/mol. The maximum Gasteiger partial charge on any atom is 0.243 e. The number of nitrogens with one attached hydrogen (secondary N) is 2. The van der Waals surface area contributed by atoms with Crippen LogP contribution in [0.15, 0.2) is 35.3 Å². The van der Waals surface area contributed by atoms with Crippen molar-refractivity contribution in [3.05, 3.63) is 35.9 Å². The Kier molecular flexibility index (Phi) is 8.63. The first-order valence-corrected chi connectivity index (χ1v) is 10.8. The lowest BCUT2D eigenvalue weighted by molar-refractivity contribution is -0.128. The predicted molar refractivity (Wildman–Crippen MR) is 115 cm³/mol. The van der Waals surface area contributed by atoms with Gasteiger partial charge in [-0.05, 0) is 11.8 Å². The highest BCUT2D eigenvalue weighted by Gasteiger charge is 2.38. The molecule has 0 saturated carbocycles. The number of thioether (sulfide) groups is 1. The minimum absolute atomic E-state index is 0.0389. The number of aliphatic imine (C=N–C) groups is 1. The van der Waals surface area contributed by atoms with Crippen LogP contribution in [0.4, 0.5) is 0 Å². The van der Waals surface area contributed by atoms with E-state index in [9.17, 15) is 9.59 Å². The fourth-order valence-corrected chi connectivity index (χ4v) is 3.55. The van der Waals surface area contributed by atoms with Crippen molar-refractivity contribution in [2.24, 2.45) is 10.9 Å². The minimum atomic E-state index is -0.0519. The van der Waals surface area contributed by atoms with Crippen molar-refractivity contribution < 1.29 is 9.59 Å². The number of likely N-dealkylation sites (tertiary alicyclic amines) is 1. The summed E-state index contributed by atoms with van der Waals surface area (Å²) in [7, 11) is 5.30. The molecule has 2 N–H and O–H groups in total. The zero-order valence-corrected chi connectivity index (χ0v) is 18.0. The van der Waals surface area contributed by atoms with Gasteiger partial charge in [0.15, 0.2) is 5.96 Å². The fourth-order valence-electron chi connectivity index (χ4n) is 3.24. The average Bonchev–Trinajstić information content (AvgIpc) is 2.97. The first kappa shape index (κ1) is 22.1. The van der Waals surface area contributed by atoms with Gasteiger partial charge in [-0.1, -0.05) is 30.3 Å². The first-order valence-electron chi connectivity index (χ1n) is 9.46. The van der Waals surface area contributed by atoms with Crippen LogP contribution in [-0.2, 0) is 9.59 Å². The Hall–Kier alpha value is -2.22. The normalized spacial score (nSPS) is 19.6. The minimum Gasteiger partial charge on any atom is -0.356 e. The van der Waals surface area contributed by atoms with E-state index in [1.807, 2.05) is 36.4 Å². The molecule has 0 bridgehead atoms. The van der Waals surface area contributed by atoms with Crippen molar-refractivity contribution in [3.8, 4) is 0 Å². The van der Waals surface area contributed by atoms with E-state index in [0.717, 1.165) is 17.9 Å². The molecule has 1 aromatic carbocycles. The molecule has 1 fully saturated rings. The number of rotatable bonds is 8. The molecule has 8 heteroatoms. The smallest absolute Gasteiger partial charge is 0.243 e. The van der Waals surface area contributed by atoms with Crippen LogP contribution in [0.25, 0.3) is 0 Å². The van der Waals surface area contributed by atoms with Crippen molar-refractivity contribution in [2.75, 3.05) is 52.8 Å². The van der Waals surface area contributed by atoms with Crippen molar-refractivity contribution in [1.29, 1.82) is 0 Å². The molecule has 1 aromatic rings. The molecule has 2 unspecified atom stereocenters. The number of benzene rings is 1. The van der Waals surface area contributed by atoms with Gasteiger partial charge < -0.3 is 20.4 Å². The summed E-state index contributed by atoms with van der Waals surface area (Å²) in [6.45, 7) is 1.46. The van der Waals surface area contributed by atoms with E-state index >= 15 is 0 Å². The van der Waals surface area contributed by atoms with Gasteiger partial charge in [-0.15, -0.1) is 0 Å². The summed E-state index contributed by atoms with van der Waals surface area (Å²) in [6, 6.07) is 10.1. The van der Waals surface area contributed by atoms with Gasteiger partial charge in [0, 0.05) is 52.3 Å². The van der Waals surface area contributed by atoms with Crippen molar-refractivity contribution >= 4 is 29.5 Å². The van der Waals surface area contributed by atoms with Gasteiger partial charge in [0.25, 0.3) is 0 Å². The third-order valence-electron chi connectivity index (χ3n) is 4.84. The Morgan fingerprint density at radius 2 is 2.00 bits per heavy atom. The van der Waals surface area contributed by atoms with E-state index in [-0.39, 0.29) is 30.3 Å². The summed E-state index contributed by atoms with van der Waals surface area (Å²) in [5, 5.41) is 6.60. The number of nitrogens with zero attached hydrogens (tertiary/aromatic N) is 3. The molecule has 1 heterocycles. The molecule has 1 aliphatic heterocycles. The largest absolute Gasteiger partial charge is 0.356 e. The SMILES string of the molecule is CSCCNC(=NCC(=O)N(C)C)NCC1CC(=O)N(C)C1c1ccccc1. The zero-order valence-electron chi connectivity index (χ0n) is 17.1. The summed E-state index contributed by atoms with van der Waals surface area (Å²) in [4.78, 5) is 31.9. The zero-order chi connectivity index (χ0) is 20.5. The van der Waals surface area contributed by atoms with E-state index in [0.29, 0.717) is 18.9 Å². The van der Waals surface area contributed by atoms with Crippen molar-refractivity contribution in [1.82, 2.24) is 20.4 Å². The topological polar surface area (TPSA) is 77.0 Å². The van der Waals surface area contributed by atoms with Crippen LogP contribution < -0.4 is 10.6 Å². The predicted octanol–water partition coefficient (Wildman–Crippen LogP) is 1.19. The molecular formula is C20H31N5O2S. The van der Waals surface area contributed by atoms with Crippen LogP contribution >= 0.6 is 11.8 Å². The Morgan fingerprint density at radius 1 is 1.29 bits per heavy atom. The Morgan fingerprint density at radius 3 is 2.64 bits per heavy atom. The van der Waals surface area contributed by atoms with E-state index < -0.39 is 0 Å². The van der Waals surface area contributed by atoms with Gasteiger partial charge in [0.05, 0.1) is 6.04 Å². The number of hydrogen-bond acceptors (Lipinski definition) is 4. The highest BCUT2D eigenvalue weighted by Crippen LogP contribution is 2.36. The molecule has 2 rings (SSSR count). The number of guanidine groups is 1. The van der Waals surface area contributed by atoms with Gasteiger partial charge in [-0.2, -0.15) is 11.8 Å². The van der Waals surface area contributed by atoms with Gasteiger partial charge in [0.1, 0.15) is 6.54 Å². The Balaban J connectivity index is 2.05. The number of amides is 2. The fraction of sp³-hybridized carbons (Fsp3) is 0.550. The second-order valence-electron chi connectivity index (χ2n) is 7.08. The second-order valence-corrected chi connectivity index (χ2v) is 8.06. The molecule has 154 valence electrons. The van der Waals surface area contributed by atoms with Crippen LogP contribution in [0.5, 0.6) is 0 Å². The van der Waals surface area contributed by atoms with Gasteiger partial charge in [-0.25, -0.2) is 4.99 Å². The summed E-state index contributed by atoms with van der Waals surface area (Å²) in [6.07, 6.45) is 2.55. The third kappa shape index (κ3) is 6.15. The molecule has 28 heavy (non-hydrogen) atoms. The standard InChI is InChI=1S/C20H31N5O2S/c1-24(2)18(27)14-23-20(21-10-11-28-4)22-13-16-12-17(26)25(3)19(16)15-8-6-5-7-9-15/h5-9,16,19H,10-14H2,1-4H3,(H2,21,22,23). The lowest BCUT2D eigenvalue weighted by Crippen LogP contribution is -2.42. The van der Waals surface area contributed by atoms with Gasteiger partial charge in [0.2, 0.25) is 11.8 Å². The lowest BCUT2D eigenvalue weighted by atomic mass is 9.94. The molecule has 1 aliphatic rings. The average molecular weight is 406 g/mol. The highest BCUT2D eigenvalue weighted by atomic mass is 32.2. The molecule has 2 amide bonds. The van der Waals surface area contributed by atoms with Gasteiger partial charge in [-0.3, -0.25) is 9.59 Å². The third-order valence-corrected chi connectivity index (χ3v) is 5.45. The van der Waals surface area contributed by atoms with Crippen LogP contribution in [0, 0.1) is 5.92 Å². The van der Waals surface area contributed by atoms with E-state index in [2.05, 4.69) is 27.8 Å². The van der Waals surface area contributed by atoms with Crippen LogP contribution in [-0.4, -0.2) is 80.4 Å². The molecule has 7 nitrogen and oxygen atoms in total. The molecule has 2 atom stereocenters. The van der Waals surface area contributed by atoms with Crippen LogP contribution in [0.1, 0.15) is 18.0 Å². The lowest BCUT2D eigenvalue weighted by Gasteiger charge is -2.26.